The molecule has 1 aromatic carbocycles. The molecule has 1 N–H and O–H groups in total. The van der Waals surface area contributed by atoms with Gasteiger partial charge < -0.3 is 9.84 Å². The van der Waals surface area contributed by atoms with Crippen LogP contribution in [0.3, 0.4) is 0 Å². The summed E-state index contributed by atoms with van der Waals surface area (Å²) in [6, 6.07) is 3.01. The molecule has 0 saturated heterocycles. The number of benzene rings is 1. The van der Waals surface area contributed by atoms with E-state index in [1.165, 1.54) is 6.07 Å². The molecule has 70 valence electrons. The maximum absolute atomic E-state index is 13.2. The van der Waals surface area contributed by atoms with Crippen LogP contribution in [0.1, 0.15) is 18.1 Å². The molecule has 1 aromatic rings. The highest BCUT2D eigenvalue weighted by Crippen LogP contribution is 2.36. The van der Waals surface area contributed by atoms with Crippen LogP contribution in [0.4, 0.5) is 4.39 Å². The lowest BCUT2D eigenvalue weighted by Crippen LogP contribution is -2.14. The lowest BCUT2D eigenvalue weighted by Gasteiger charge is -2.22. The normalized spacial score (nSPS) is 20.7. The summed E-state index contributed by atoms with van der Waals surface area (Å²) < 4.78 is 19.0. The Morgan fingerprint density at radius 3 is 3.08 bits per heavy atom. The average molecular weight is 247 g/mol. The molecule has 0 bridgehead atoms. The third-order valence-electron chi connectivity index (χ3n) is 2.03. The maximum Gasteiger partial charge on any atom is 0.166 e. The summed E-state index contributed by atoms with van der Waals surface area (Å²) in [5, 5.41) is 9.54. The molecule has 0 saturated carbocycles. The van der Waals surface area contributed by atoms with Gasteiger partial charge in [-0.2, -0.15) is 0 Å². The van der Waals surface area contributed by atoms with Crippen molar-refractivity contribution >= 4 is 15.9 Å². The van der Waals surface area contributed by atoms with E-state index in [4.69, 9.17) is 4.74 Å². The van der Waals surface area contributed by atoms with Crippen molar-refractivity contribution < 1.29 is 14.2 Å². The van der Waals surface area contributed by atoms with Gasteiger partial charge in [0.25, 0.3) is 0 Å². The molecule has 1 atom stereocenters. The molecule has 0 spiro atoms. The number of hydrogen-bond acceptors (Lipinski definition) is 2. The van der Waals surface area contributed by atoms with Crippen molar-refractivity contribution in [3.05, 3.63) is 28.0 Å². The van der Waals surface area contributed by atoms with E-state index in [0.29, 0.717) is 23.1 Å². The molecule has 1 unspecified atom stereocenters. The summed E-state index contributed by atoms with van der Waals surface area (Å²) in [6.45, 7) is 0.368. The van der Waals surface area contributed by atoms with Crippen LogP contribution < -0.4 is 4.74 Å². The van der Waals surface area contributed by atoms with Crippen LogP contribution in [0, 0.1) is 5.82 Å². The average Bonchev–Trinajstić information content (AvgIpc) is 2.07. The largest absolute Gasteiger partial charge is 0.490 e. The number of ether oxygens (including phenoxy) is 1. The van der Waals surface area contributed by atoms with E-state index in [1.807, 2.05) is 0 Å². The zero-order chi connectivity index (χ0) is 9.42. The number of rotatable bonds is 0. The van der Waals surface area contributed by atoms with Crippen molar-refractivity contribution in [2.45, 2.75) is 12.5 Å². The summed E-state index contributed by atoms with van der Waals surface area (Å²) in [6.07, 6.45) is -0.0983. The minimum atomic E-state index is -0.615. The molecule has 4 heteroatoms. The van der Waals surface area contributed by atoms with Gasteiger partial charge in [0, 0.05) is 16.5 Å². The summed E-state index contributed by atoms with van der Waals surface area (Å²) >= 11 is 3.16. The van der Waals surface area contributed by atoms with E-state index in [1.54, 1.807) is 6.07 Å². The summed E-state index contributed by atoms with van der Waals surface area (Å²) in [5.41, 5.74) is 0.526. The summed E-state index contributed by atoms with van der Waals surface area (Å²) in [4.78, 5) is 0. The Bertz CT molecular complexity index is 341. The van der Waals surface area contributed by atoms with Crippen molar-refractivity contribution in [3.8, 4) is 5.75 Å². The lowest BCUT2D eigenvalue weighted by molar-refractivity contribution is 0.112. The Balaban J connectivity index is 2.56. The first-order valence-corrected chi connectivity index (χ1v) is 4.77. The van der Waals surface area contributed by atoms with E-state index in [-0.39, 0.29) is 5.75 Å². The van der Waals surface area contributed by atoms with Crippen LogP contribution in [-0.4, -0.2) is 11.7 Å². The van der Waals surface area contributed by atoms with Crippen molar-refractivity contribution in [1.29, 1.82) is 0 Å². The molecule has 2 nitrogen and oxygen atoms in total. The number of hydrogen-bond donors (Lipinski definition) is 1. The van der Waals surface area contributed by atoms with Gasteiger partial charge in [-0.3, -0.25) is 0 Å². The fraction of sp³-hybridized carbons (Fsp3) is 0.333. The van der Waals surface area contributed by atoms with Crippen LogP contribution >= 0.6 is 15.9 Å². The highest BCUT2D eigenvalue weighted by molar-refractivity contribution is 9.10. The molecular weight excluding hydrogens is 239 g/mol. The zero-order valence-corrected chi connectivity index (χ0v) is 8.34. The summed E-state index contributed by atoms with van der Waals surface area (Å²) in [5.74, 6) is -0.245. The van der Waals surface area contributed by atoms with Gasteiger partial charge in [-0.05, 0) is 12.1 Å². The molecule has 0 aromatic heterocycles. The number of halogens is 2. The molecule has 0 amide bonds. The van der Waals surface area contributed by atoms with Crippen LogP contribution in [-0.2, 0) is 0 Å². The van der Waals surface area contributed by atoms with Crippen LogP contribution in [0.25, 0.3) is 0 Å². The highest BCUT2D eigenvalue weighted by atomic mass is 79.9. The molecule has 1 heterocycles. The molecule has 0 radical (unpaired) electrons. The number of aliphatic hydroxyl groups is 1. The molecule has 0 fully saturated rings. The SMILES string of the molecule is OC1CCOc2c(F)cc(Br)cc21. The molecule has 1 aliphatic rings. The Morgan fingerprint density at radius 1 is 1.54 bits per heavy atom. The number of fused-ring (bicyclic) bond motifs is 1. The molecule has 1 aliphatic heterocycles. The maximum atomic E-state index is 13.2. The van der Waals surface area contributed by atoms with Gasteiger partial charge in [-0.1, -0.05) is 15.9 Å². The third kappa shape index (κ3) is 1.56. The second kappa shape index (κ2) is 3.27. The van der Waals surface area contributed by atoms with E-state index in [0.717, 1.165) is 0 Å². The van der Waals surface area contributed by atoms with Gasteiger partial charge in [0.05, 0.1) is 12.7 Å². The predicted octanol–water partition coefficient (Wildman–Crippen LogP) is 2.40. The molecule has 13 heavy (non-hydrogen) atoms. The molecular formula is C9H8BrFO2. The first-order valence-electron chi connectivity index (χ1n) is 3.98. The fourth-order valence-corrected chi connectivity index (χ4v) is 1.86. The van der Waals surface area contributed by atoms with Gasteiger partial charge >= 0.3 is 0 Å². The standard InChI is InChI=1S/C9H8BrFO2/c10-5-3-6-8(12)1-2-13-9(6)7(11)4-5/h3-4,8,12H,1-2H2. The van der Waals surface area contributed by atoms with Crippen molar-refractivity contribution in [2.24, 2.45) is 0 Å². The second-order valence-corrected chi connectivity index (χ2v) is 3.87. The minimum Gasteiger partial charge on any atom is -0.490 e. The van der Waals surface area contributed by atoms with Crippen molar-refractivity contribution in [2.75, 3.05) is 6.61 Å². The van der Waals surface area contributed by atoms with Crippen LogP contribution in [0.5, 0.6) is 5.75 Å². The highest BCUT2D eigenvalue weighted by Gasteiger charge is 2.22. The van der Waals surface area contributed by atoms with E-state index in [2.05, 4.69) is 15.9 Å². The van der Waals surface area contributed by atoms with E-state index >= 15 is 0 Å². The molecule has 2 rings (SSSR count). The van der Waals surface area contributed by atoms with Gasteiger partial charge in [-0.15, -0.1) is 0 Å². The Labute approximate surface area is 83.5 Å². The van der Waals surface area contributed by atoms with Crippen LogP contribution in [0.15, 0.2) is 16.6 Å². The van der Waals surface area contributed by atoms with Gasteiger partial charge in [0.1, 0.15) is 0 Å². The second-order valence-electron chi connectivity index (χ2n) is 2.96. The fourth-order valence-electron chi connectivity index (χ4n) is 1.41. The Kier molecular flexibility index (Phi) is 2.26. The van der Waals surface area contributed by atoms with E-state index < -0.39 is 11.9 Å². The zero-order valence-electron chi connectivity index (χ0n) is 6.76. The quantitative estimate of drug-likeness (QED) is 0.762. The monoisotopic (exact) mass is 246 g/mol. The van der Waals surface area contributed by atoms with Gasteiger partial charge in [-0.25, -0.2) is 4.39 Å². The molecule has 0 aliphatic carbocycles. The topological polar surface area (TPSA) is 29.5 Å². The van der Waals surface area contributed by atoms with Crippen molar-refractivity contribution in [1.82, 2.24) is 0 Å². The predicted molar refractivity (Wildman–Crippen MR) is 49.2 cm³/mol. The van der Waals surface area contributed by atoms with Crippen LogP contribution in [0.2, 0.25) is 0 Å². The van der Waals surface area contributed by atoms with Gasteiger partial charge in [0.15, 0.2) is 11.6 Å². The third-order valence-corrected chi connectivity index (χ3v) is 2.49. The van der Waals surface area contributed by atoms with Gasteiger partial charge in [0.2, 0.25) is 0 Å². The smallest absolute Gasteiger partial charge is 0.166 e. The van der Waals surface area contributed by atoms with Crippen molar-refractivity contribution in [3.63, 3.8) is 0 Å². The Hall–Kier alpha value is -0.610. The summed E-state index contributed by atoms with van der Waals surface area (Å²) in [7, 11) is 0. The lowest BCUT2D eigenvalue weighted by atomic mass is 10.0. The first-order chi connectivity index (χ1) is 6.18. The first kappa shape index (κ1) is 8.97. The van der Waals surface area contributed by atoms with E-state index in [9.17, 15) is 9.50 Å². The number of aliphatic hydroxyl groups excluding tert-OH is 1. The Morgan fingerprint density at radius 2 is 2.31 bits per heavy atom. The minimum absolute atomic E-state index is 0.182.